The molecule has 10 aromatic rings. The molecule has 4 nitrogen and oxygen atoms in total. The van der Waals surface area contributed by atoms with Gasteiger partial charge >= 0.3 is 0 Å². The smallest absolute Gasteiger partial charge is 0.172 e. The first-order valence-electron chi connectivity index (χ1n) is 17.5. The molecule has 0 saturated carbocycles. The van der Waals surface area contributed by atoms with Crippen LogP contribution in [0.2, 0.25) is 0 Å². The summed E-state index contributed by atoms with van der Waals surface area (Å²) in [5.41, 5.74) is 8.42. The van der Waals surface area contributed by atoms with E-state index < -0.39 is 7.14 Å². The van der Waals surface area contributed by atoms with Crippen LogP contribution in [-0.2, 0) is 4.57 Å². The van der Waals surface area contributed by atoms with Crippen molar-refractivity contribution in [2.75, 3.05) is 0 Å². The normalized spacial score (nSPS) is 11.9. The van der Waals surface area contributed by atoms with Gasteiger partial charge in [0.05, 0.1) is 27.8 Å². The standard InChI is InChI=1S/C47H32N3OP/c51-52(36-15-3-1-4-16-36,37-17-5-2-6-18-37)38-27-28-43(48-32-38)33-29-34(49-44-23-11-7-19-39(44)40-20-8-12-24-45(40)49)31-35(30-33)50-46-25-13-9-21-41(46)42-22-10-14-26-47(42)50/h1-32H. The minimum absolute atomic E-state index is 0.704. The van der Waals surface area contributed by atoms with Crippen LogP contribution in [0, 0.1) is 0 Å². The largest absolute Gasteiger partial charge is 0.309 e. The lowest BCUT2D eigenvalue weighted by atomic mass is 10.1. The van der Waals surface area contributed by atoms with Gasteiger partial charge in [0, 0.05) is 60.6 Å². The summed E-state index contributed by atoms with van der Waals surface area (Å²) in [5.74, 6) is 0. The second-order valence-electron chi connectivity index (χ2n) is 13.2. The maximum absolute atomic E-state index is 15.1. The van der Waals surface area contributed by atoms with Gasteiger partial charge in [-0.2, -0.15) is 0 Å². The average Bonchev–Trinajstić information content (AvgIpc) is 3.74. The van der Waals surface area contributed by atoms with Crippen molar-refractivity contribution in [1.82, 2.24) is 14.1 Å². The van der Waals surface area contributed by atoms with Crippen molar-refractivity contribution >= 4 is 66.7 Å². The molecule has 3 aromatic heterocycles. The Kier molecular flexibility index (Phi) is 7.06. The Bertz CT molecular complexity index is 2700. The topological polar surface area (TPSA) is 39.8 Å². The van der Waals surface area contributed by atoms with Crippen molar-refractivity contribution in [2.45, 2.75) is 0 Å². The van der Waals surface area contributed by atoms with Gasteiger partial charge in [-0.05, 0) is 54.6 Å². The van der Waals surface area contributed by atoms with Gasteiger partial charge in [-0.15, -0.1) is 0 Å². The highest BCUT2D eigenvalue weighted by atomic mass is 31.2. The van der Waals surface area contributed by atoms with Gasteiger partial charge in [-0.25, -0.2) is 0 Å². The number of hydrogen-bond acceptors (Lipinski definition) is 2. The number of nitrogens with zero attached hydrogens (tertiary/aromatic N) is 3. The molecule has 0 spiro atoms. The van der Waals surface area contributed by atoms with E-state index in [1.54, 1.807) is 0 Å². The molecule has 0 unspecified atom stereocenters. The third-order valence-electron chi connectivity index (χ3n) is 10.2. The van der Waals surface area contributed by atoms with E-state index in [0.29, 0.717) is 5.30 Å². The summed E-state index contributed by atoms with van der Waals surface area (Å²) in [5, 5.41) is 7.12. The molecule has 0 amide bonds. The molecule has 0 aliphatic heterocycles. The maximum atomic E-state index is 15.1. The Morgan fingerprint density at radius 1 is 0.385 bits per heavy atom. The zero-order chi connectivity index (χ0) is 34.6. The van der Waals surface area contributed by atoms with Crippen LogP contribution >= 0.6 is 7.14 Å². The van der Waals surface area contributed by atoms with Gasteiger partial charge < -0.3 is 13.7 Å². The quantitative estimate of drug-likeness (QED) is 0.164. The Balaban J connectivity index is 1.22. The summed E-state index contributed by atoms with van der Waals surface area (Å²) < 4.78 is 19.9. The van der Waals surface area contributed by atoms with Crippen molar-refractivity contribution in [3.63, 3.8) is 0 Å². The third-order valence-corrected chi connectivity index (χ3v) is 13.3. The van der Waals surface area contributed by atoms with E-state index in [-0.39, 0.29) is 0 Å². The molecular formula is C47H32N3OP. The van der Waals surface area contributed by atoms with Gasteiger partial charge in [0.1, 0.15) is 0 Å². The molecule has 7 aromatic carbocycles. The van der Waals surface area contributed by atoms with Crippen LogP contribution in [0.1, 0.15) is 0 Å². The average molecular weight is 686 g/mol. The lowest BCUT2D eigenvalue weighted by Crippen LogP contribution is -2.25. The van der Waals surface area contributed by atoms with Gasteiger partial charge in [0.2, 0.25) is 0 Å². The Morgan fingerprint density at radius 3 is 1.15 bits per heavy atom. The third kappa shape index (κ3) is 4.69. The number of aromatic nitrogens is 3. The van der Waals surface area contributed by atoms with E-state index in [1.165, 1.54) is 21.5 Å². The van der Waals surface area contributed by atoms with Crippen LogP contribution in [-0.4, -0.2) is 14.1 Å². The highest BCUT2D eigenvalue weighted by Gasteiger charge is 2.30. The minimum atomic E-state index is -3.17. The Morgan fingerprint density at radius 2 is 0.769 bits per heavy atom. The van der Waals surface area contributed by atoms with E-state index >= 15 is 4.57 Å². The Hall–Kier alpha value is -6.48. The summed E-state index contributed by atoms with van der Waals surface area (Å²) in [6.45, 7) is 0. The number of rotatable bonds is 6. The molecule has 0 atom stereocenters. The Labute approximate surface area is 301 Å². The molecule has 0 radical (unpaired) electrons. The molecule has 3 heterocycles. The van der Waals surface area contributed by atoms with Crippen molar-refractivity contribution < 1.29 is 4.57 Å². The zero-order valence-electron chi connectivity index (χ0n) is 28.2. The second-order valence-corrected chi connectivity index (χ2v) is 15.9. The molecule has 0 aliphatic carbocycles. The molecule has 0 aliphatic rings. The van der Waals surface area contributed by atoms with Crippen LogP contribution in [0.4, 0.5) is 0 Å². The maximum Gasteiger partial charge on any atom is 0.172 e. The minimum Gasteiger partial charge on any atom is -0.309 e. The van der Waals surface area contributed by atoms with Crippen LogP contribution in [0.25, 0.3) is 66.2 Å². The SMILES string of the molecule is O=P(c1ccccc1)(c1ccccc1)c1ccc(-c2cc(-n3c4ccccc4c4ccccc43)cc(-n3c4ccccc4c4ccccc43)c2)nc1. The molecule has 5 heteroatoms. The molecule has 246 valence electrons. The van der Waals surface area contributed by atoms with Gasteiger partial charge in [-0.1, -0.05) is 133 Å². The predicted octanol–water partition coefficient (Wildman–Crippen LogP) is 10.6. The molecule has 0 N–H and O–H groups in total. The summed E-state index contributed by atoms with van der Waals surface area (Å²) in [4.78, 5) is 5.07. The zero-order valence-corrected chi connectivity index (χ0v) is 29.1. The summed E-state index contributed by atoms with van der Waals surface area (Å²) >= 11 is 0. The van der Waals surface area contributed by atoms with E-state index in [4.69, 9.17) is 4.98 Å². The van der Waals surface area contributed by atoms with Crippen molar-refractivity contribution in [1.29, 1.82) is 0 Å². The van der Waals surface area contributed by atoms with Gasteiger partial charge in [0.15, 0.2) is 7.14 Å². The fourth-order valence-corrected chi connectivity index (χ4v) is 10.5. The van der Waals surface area contributed by atoms with Crippen LogP contribution in [0.5, 0.6) is 0 Å². The van der Waals surface area contributed by atoms with Gasteiger partial charge in [0.25, 0.3) is 0 Å². The molecule has 52 heavy (non-hydrogen) atoms. The first kappa shape index (κ1) is 30.4. The highest BCUT2D eigenvalue weighted by Crippen LogP contribution is 2.43. The summed E-state index contributed by atoms with van der Waals surface area (Å²) in [6.07, 6.45) is 1.81. The number of fused-ring (bicyclic) bond motifs is 6. The number of para-hydroxylation sites is 4. The van der Waals surface area contributed by atoms with Crippen LogP contribution in [0.3, 0.4) is 0 Å². The van der Waals surface area contributed by atoms with Gasteiger partial charge in [-0.3, -0.25) is 4.98 Å². The van der Waals surface area contributed by atoms with Crippen LogP contribution in [0.15, 0.2) is 194 Å². The van der Waals surface area contributed by atoms with Crippen molar-refractivity contribution in [3.05, 3.63) is 194 Å². The molecule has 0 bridgehead atoms. The summed E-state index contributed by atoms with van der Waals surface area (Å²) in [6, 6.07) is 64.7. The molecular weight excluding hydrogens is 654 g/mol. The van der Waals surface area contributed by atoms with E-state index in [9.17, 15) is 0 Å². The second kappa shape index (κ2) is 12.1. The fourth-order valence-electron chi connectivity index (χ4n) is 7.87. The number of benzene rings is 7. The monoisotopic (exact) mass is 685 g/mol. The summed E-state index contributed by atoms with van der Waals surface area (Å²) in [7, 11) is -3.17. The predicted molar refractivity (Wildman–Crippen MR) is 218 cm³/mol. The van der Waals surface area contributed by atoms with Crippen molar-refractivity contribution in [3.8, 4) is 22.6 Å². The molecule has 0 fully saturated rings. The van der Waals surface area contributed by atoms with Crippen LogP contribution < -0.4 is 15.9 Å². The number of pyridine rings is 1. The first-order valence-corrected chi connectivity index (χ1v) is 19.2. The lowest BCUT2D eigenvalue weighted by Gasteiger charge is -2.20. The molecule has 0 saturated heterocycles. The number of hydrogen-bond donors (Lipinski definition) is 0. The highest BCUT2D eigenvalue weighted by molar-refractivity contribution is 7.85. The molecule has 10 rings (SSSR count). The van der Waals surface area contributed by atoms with Crippen molar-refractivity contribution in [2.24, 2.45) is 0 Å². The van der Waals surface area contributed by atoms with E-state index in [2.05, 4.69) is 124 Å². The lowest BCUT2D eigenvalue weighted by molar-refractivity contribution is 0.592. The first-order chi connectivity index (χ1) is 25.7. The van der Waals surface area contributed by atoms with E-state index in [1.807, 2.05) is 79.0 Å². The fraction of sp³-hybridized carbons (Fsp3) is 0. The van der Waals surface area contributed by atoms with E-state index in [0.717, 1.165) is 55.3 Å².